The minimum absolute atomic E-state index is 0.149. The van der Waals surface area contributed by atoms with Gasteiger partial charge in [-0.1, -0.05) is 25.9 Å². The van der Waals surface area contributed by atoms with Crippen molar-refractivity contribution in [3.8, 4) is 0 Å². The number of hydrogen-bond donors (Lipinski definition) is 4. The molecule has 0 bridgehead atoms. The molecule has 0 saturated carbocycles. The molecule has 1 saturated heterocycles. The van der Waals surface area contributed by atoms with Gasteiger partial charge in [-0.3, -0.25) is 9.95 Å². The first kappa shape index (κ1) is 18.6. The highest BCUT2D eigenvalue weighted by molar-refractivity contribution is 5.88. The summed E-state index contributed by atoms with van der Waals surface area (Å²) in [6.45, 7) is 9.55. The Balaban J connectivity index is 1.96. The molecule has 0 spiro atoms. The molecule has 144 valence electrons. The fourth-order valence-corrected chi connectivity index (χ4v) is 2.94. The number of aliphatic hydroxyl groups is 1. The Hall–Kier alpha value is -2.17. The van der Waals surface area contributed by atoms with Crippen molar-refractivity contribution in [2.24, 2.45) is 11.0 Å². The monoisotopic (exact) mass is 364 g/mol. The number of aromatic nitrogens is 2. The number of nitrogens with two attached hydrogens (primary N) is 2. The van der Waals surface area contributed by atoms with Crippen molar-refractivity contribution in [2.75, 3.05) is 35.3 Å². The summed E-state index contributed by atoms with van der Waals surface area (Å²) >= 11 is 0. The minimum atomic E-state index is -0.376. The van der Waals surface area contributed by atoms with Gasteiger partial charge in [-0.15, -0.1) is 5.48 Å². The molecule has 3 heterocycles. The van der Waals surface area contributed by atoms with Gasteiger partial charge in [-0.05, 0) is 13.3 Å². The van der Waals surface area contributed by atoms with Crippen molar-refractivity contribution < 1.29 is 10.0 Å². The fraction of sp³-hybridized carbons (Fsp3) is 0.688. The van der Waals surface area contributed by atoms with E-state index in [4.69, 9.17) is 16.5 Å². The Labute approximate surface area is 153 Å². The molecule has 26 heavy (non-hydrogen) atoms. The van der Waals surface area contributed by atoms with Crippen LogP contribution in [0.3, 0.4) is 0 Å². The average molecular weight is 364 g/mol. The van der Waals surface area contributed by atoms with Gasteiger partial charge in [0, 0.05) is 18.5 Å². The summed E-state index contributed by atoms with van der Waals surface area (Å²) in [6.07, 6.45) is 0.313. The molecule has 0 aromatic carbocycles. The number of oxime groups is 1. The van der Waals surface area contributed by atoms with Crippen LogP contribution in [0.1, 0.15) is 39.9 Å². The van der Waals surface area contributed by atoms with Gasteiger partial charge in [0.1, 0.15) is 17.6 Å². The zero-order valence-corrected chi connectivity index (χ0v) is 15.7. The molecule has 1 fully saturated rings. The van der Waals surface area contributed by atoms with Gasteiger partial charge in [-0.25, -0.2) is 15.8 Å². The van der Waals surface area contributed by atoms with Crippen LogP contribution in [0.15, 0.2) is 5.16 Å². The second-order valence-electron chi connectivity index (χ2n) is 7.89. The Morgan fingerprint density at radius 3 is 2.65 bits per heavy atom. The van der Waals surface area contributed by atoms with Crippen LogP contribution >= 0.6 is 0 Å². The highest BCUT2D eigenvalue weighted by atomic mass is 16.8. The summed E-state index contributed by atoms with van der Waals surface area (Å²) in [5.41, 5.74) is 10.1. The highest BCUT2D eigenvalue weighted by Crippen LogP contribution is 2.34. The van der Waals surface area contributed by atoms with Gasteiger partial charge in [-0.2, -0.15) is 0 Å². The number of nitrogens with one attached hydrogen (secondary N) is 1. The molecule has 10 nitrogen and oxygen atoms in total. The van der Waals surface area contributed by atoms with E-state index in [2.05, 4.69) is 20.6 Å². The van der Waals surface area contributed by atoms with Crippen molar-refractivity contribution in [1.82, 2.24) is 15.4 Å². The zero-order chi connectivity index (χ0) is 19.1. The third-order valence-corrected chi connectivity index (χ3v) is 4.58. The summed E-state index contributed by atoms with van der Waals surface area (Å²) in [5, 5.41) is 15.2. The van der Waals surface area contributed by atoms with Crippen LogP contribution in [0, 0.1) is 0 Å². The van der Waals surface area contributed by atoms with E-state index in [0.717, 1.165) is 5.71 Å². The van der Waals surface area contributed by atoms with Crippen LogP contribution in [-0.2, 0) is 10.4 Å². The van der Waals surface area contributed by atoms with Gasteiger partial charge >= 0.3 is 0 Å². The van der Waals surface area contributed by atoms with Crippen LogP contribution in [-0.4, -0.2) is 52.6 Å². The minimum Gasteiger partial charge on any atom is -0.393 e. The van der Waals surface area contributed by atoms with Gasteiger partial charge in [0.15, 0.2) is 11.6 Å². The van der Waals surface area contributed by atoms with Crippen LogP contribution in [0.2, 0.25) is 0 Å². The lowest BCUT2D eigenvalue weighted by molar-refractivity contribution is 0.0610. The number of hydrogen-bond acceptors (Lipinski definition) is 10. The number of rotatable bonds is 4. The van der Waals surface area contributed by atoms with E-state index in [1.165, 1.54) is 5.01 Å². The molecule has 0 aliphatic carbocycles. The predicted molar refractivity (Wildman–Crippen MR) is 101 cm³/mol. The topological polar surface area (TPSA) is 138 Å². The third-order valence-electron chi connectivity index (χ3n) is 4.58. The summed E-state index contributed by atoms with van der Waals surface area (Å²) in [7, 11) is 0. The van der Waals surface area contributed by atoms with Crippen LogP contribution in [0.4, 0.5) is 17.3 Å². The van der Waals surface area contributed by atoms with Crippen molar-refractivity contribution in [1.29, 1.82) is 0 Å². The lowest BCUT2D eigenvalue weighted by Gasteiger charge is -2.28. The number of nitrogens with zero attached hydrogens (tertiary/aromatic N) is 5. The maximum Gasteiger partial charge on any atom is 0.171 e. The molecule has 6 N–H and O–H groups in total. The Kier molecular flexibility index (Phi) is 4.91. The smallest absolute Gasteiger partial charge is 0.171 e. The molecule has 2 aliphatic rings. The van der Waals surface area contributed by atoms with Gasteiger partial charge in [0.2, 0.25) is 0 Å². The lowest BCUT2D eigenvalue weighted by Crippen LogP contribution is -2.46. The quantitative estimate of drug-likeness (QED) is 0.425. The standard InChI is InChI=1S/C16H28N8O2/c1-9-11(22-26-21-9)8-24(18)14-12(17)13(23-6-5-10(25)7-23)19-15(20-14)16(2,3)4/h10-11,22,25H,5-8,17-18H2,1-4H3. The van der Waals surface area contributed by atoms with Crippen LogP contribution < -0.4 is 27.0 Å². The highest BCUT2D eigenvalue weighted by Gasteiger charge is 2.30. The molecule has 10 heteroatoms. The predicted octanol–water partition coefficient (Wildman–Crippen LogP) is -0.113. The number of hydrazine groups is 1. The van der Waals surface area contributed by atoms with Crippen molar-refractivity contribution in [3.63, 3.8) is 0 Å². The largest absolute Gasteiger partial charge is 0.393 e. The molecular formula is C16H28N8O2. The molecule has 1 aromatic rings. The third kappa shape index (κ3) is 3.67. The Morgan fingerprint density at radius 2 is 2.12 bits per heavy atom. The average Bonchev–Trinajstić information content (AvgIpc) is 3.15. The first-order valence-corrected chi connectivity index (χ1v) is 8.76. The second-order valence-corrected chi connectivity index (χ2v) is 7.89. The summed E-state index contributed by atoms with van der Waals surface area (Å²) < 4.78 is 0. The van der Waals surface area contributed by atoms with Gasteiger partial charge in [0.25, 0.3) is 0 Å². The molecule has 1 aromatic heterocycles. The summed E-state index contributed by atoms with van der Waals surface area (Å²) in [6, 6.07) is -0.149. The molecule has 3 rings (SSSR count). The first-order valence-electron chi connectivity index (χ1n) is 8.76. The van der Waals surface area contributed by atoms with E-state index >= 15 is 0 Å². The van der Waals surface area contributed by atoms with Crippen molar-refractivity contribution >= 4 is 23.0 Å². The van der Waals surface area contributed by atoms with E-state index < -0.39 is 0 Å². The van der Waals surface area contributed by atoms with E-state index in [0.29, 0.717) is 49.2 Å². The SMILES string of the molecule is CC1=NONC1CN(N)c1nc(C(C)(C)C)nc(N2CCC(O)C2)c1N. The number of hydroxylamine groups is 1. The number of nitrogen functional groups attached to an aromatic ring is 1. The first-order chi connectivity index (χ1) is 12.2. The normalized spacial score (nSPS) is 23.2. The summed E-state index contributed by atoms with van der Waals surface area (Å²) in [5.74, 6) is 8.02. The molecule has 2 aliphatic heterocycles. The maximum absolute atomic E-state index is 9.88. The Bertz CT molecular complexity index is 702. The lowest BCUT2D eigenvalue weighted by atomic mass is 9.95. The Morgan fingerprint density at radius 1 is 1.38 bits per heavy atom. The zero-order valence-electron chi connectivity index (χ0n) is 15.7. The van der Waals surface area contributed by atoms with Crippen molar-refractivity contribution in [3.05, 3.63) is 5.82 Å². The van der Waals surface area contributed by atoms with Crippen LogP contribution in [0.5, 0.6) is 0 Å². The van der Waals surface area contributed by atoms with Crippen LogP contribution in [0.25, 0.3) is 0 Å². The molecule has 0 radical (unpaired) electrons. The second kappa shape index (κ2) is 6.86. The number of β-amino-alcohol motifs (C(OH)–C–C–N with tert-alkyl or cyclic N) is 1. The number of anilines is 3. The maximum atomic E-state index is 9.88. The summed E-state index contributed by atoms with van der Waals surface area (Å²) in [4.78, 5) is 16.2. The van der Waals surface area contributed by atoms with E-state index in [1.807, 2.05) is 32.6 Å². The van der Waals surface area contributed by atoms with Gasteiger partial charge in [0.05, 0.1) is 18.4 Å². The van der Waals surface area contributed by atoms with Crippen molar-refractivity contribution in [2.45, 2.75) is 51.7 Å². The molecular weight excluding hydrogens is 336 g/mol. The fourth-order valence-electron chi connectivity index (χ4n) is 2.94. The van der Waals surface area contributed by atoms with E-state index in [9.17, 15) is 5.11 Å². The van der Waals surface area contributed by atoms with E-state index in [-0.39, 0.29) is 17.6 Å². The number of aliphatic hydroxyl groups excluding tert-OH is 1. The molecule has 0 amide bonds. The van der Waals surface area contributed by atoms with E-state index in [1.54, 1.807) is 0 Å². The molecule has 2 atom stereocenters. The molecule has 2 unspecified atom stereocenters. The van der Waals surface area contributed by atoms with Gasteiger partial charge < -0.3 is 15.7 Å².